The van der Waals surface area contributed by atoms with Crippen molar-refractivity contribution in [3.8, 4) is 0 Å². The summed E-state index contributed by atoms with van der Waals surface area (Å²) in [5.41, 5.74) is 2.16. The van der Waals surface area contributed by atoms with E-state index in [-0.39, 0.29) is 17.9 Å². The van der Waals surface area contributed by atoms with E-state index < -0.39 is 0 Å². The number of methoxy groups -OCH3 is 1. The molecule has 0 saturated carbocycles. The Labute approximate surface area is 108 Å². The predicted octanol–water partition coefficient (Wildman–Crippen LogP) is 1.74. The number of rotatable bonds is 4. The zero-order valence-electron chi connectivity index (χ0n) is 10.9. The fourth-order valence-corrected chi connectivity index (χ4v) is 2.38. The zero-order chi connectivity index (χ0) is 13.0. The summed E-state index contributed by atoms with van der Waals surface area (Å²) in [6.07, 6.45) is 0.836. The van der Waals surface area contributed by atoms with Crippen LogP contribution < -0.4 is 10.6 Å². The zero-order valence-corrected chi connectivity index (χ0v) is 10.9. The molecule has 98 valence electrons. The average molecular weight is 248 g/mol. The smallest absolute Gasteiger partial charge is 0.227 e. The number of anilines is 1. The van der Waals surface area contributed by atoms with E-state index in [1.165, 1.54) is 0 Å². The number of hydrogen-bond acceptors (Lipinski definition) is 3. The lowest BCUT2D eigenvalue weighted by molar-refractivity contribution is -0.123. The van der Waals surface area contributed by atoms with Crippen molar-refractivity contribution in [2.45, 2.75) is 25.3 Å². The molecule has 1 heterocycles. The van der Waals surface area contributed by atoms with Crippen LogP contribution in [0.1, 0.15) is 24.8 Å². The number of amides is 1. The van der Waals surface area contributed by atoms with Gasteiger partial charge in [-0.15, -0.1) is 0 Å². The lowest BCUT2D eigenvalue weighted by atomic mass is 9.90. The van der Waals surface area contributed by atoms with Gasteiger partial charge < -0.3 is 15.4 Å². The molecule has 2 N–H and O–H groups in total. The average Bonchev–Trinajstić information content (AvgIpc) is 2.38. The summed E-state index contributed by atoms with van der Waals surface area (Å²) in [6, 6.07) is 8.05. The van der Waals surface area contributed by atoms with Crippen LogP contribution in [0.15, 0.2) is 24.3 Å². The molecular formula is C14H20N2O2. The lowest BCUT2D eigenvalue weighted by Gasteiger charge is -2.27. The highest BCUT2D eigenvalue weighted by Crippen LogP contribution is 2.31. The highest BCUT2D eigenvalue weighted by atomic mass is 16.5. The third-order valence-corrected chi connectivity index (χ3v) is 3.21. The van der Waals surface area contributed by atoms with Gasteiger partial charge >= 0.3 is 0 Å². The first-order valence-electron chi connectivity index (χ1n) is 6.34. The van der Waals surface area contributed by atoms with Gasteiger partial charge in [-0.2, -0.15) is 0 Å². The van der Waals surface area contributed by atoms with E-state index >= 15 is 0 Å². The van der Waals surface area contributed by atoms with Crippen LogP contribution >= 0.6 is 0 Å². The topological polar surface area (TPSA) is 50.4 Å². The molecule has 1 amide bonds. The van der Waals surface area contributed by atoms with E-state index in [4.69, 9.17) is 4.74 Å². The van der Waals surface area contributed by atoms with Crippen molar-refractivity contribution in [3.05, 3.63) is 29.8 Å². The maximum Gasteiger partial charge on any atom is 0.227 e. The molecule has 2 atom stereocenters. The van der Waals surface area contributed by atoms with Crippen molar-refractivity contribution in [1.29, 1.82) is 0 Å². The fraction of sp³-hybridized carbons (Fsp3) is 0.500. The molecule has 1 aliphatic rings. The summed E-state index contributed by atoms with van der Waals surface area (Å²) < 4.78 is 5.03. The van der Waals surface area contributed by atoms with Crippen molar-refractivity contribution in [1.82, 2.24) is 5.32 Å². The Morgan fingerprint density at radius 3 is 3.11 bits per heavy atom. The summed E-state index contributed by atoms with van der Waals surface area (Å²) in [5, 5.41) is 6.32. The number of nitrogens with one attached hydrogen (secondary N) is 2. The van der Waals surface area contributed by atoms with Gasteiger partial charge in [-0.1, -0.05) is 18.2 Å². The normalized spacial score (nSPS) is 19.6. The number of fused-ring (bicyclic) bond motifs is 1. The van der Waals surface area contributed by atoms with Gasteiger partial charge in [-0.05, 0) is 25.0 Å². The summed E-state index contributed by atoms with van der Waals surface area (Å²) in [7, 11) is 1.64. The largest absolute Gasteiger partial charge is 0.385 e. The first kappa shape index (κ1) is 12.9. The minimum absolute atomic E-state index is 0.0459. The van der Waals surface area contributed by atoms with Gasteiger partial charge in [0.1, 0.15) is 0 Å². The highest BCUT2D eigenvalue weighted by Gasteiger charge is 2.26. The second kappa shape index (κ2) is 5.87. The van der Waals surface area contributed by atoms with Crippen LogP contribution in [0, 0.1) is 0 Å². The van der Waals surface area contributed by atoms with E-state index in [9.17, 15) is 4.79 Å². The number of hydrogen-bond donors (Lipinski definition) is 2. The van der Waals surface area contributed by atoms with E-state index in [1.54, 1.807) is 7.11 Å². The summed E-state index contributed by atoms with van der Waals surface area (Å²) in [4.78, 5) is 12.3. The second-order valence-electron chi connectivity index (χ2n) is 4.72. The van der Waals surface area contributed by atoms with Crippen molar-refractivity contribution < 1.29 is 9.53 Å². The van der Waals surface area contributed by atoms with E-state index in [2.05, 4.69) is 10.6 Å². The summed E-state index contributed by atoms with van der Waals surface area (Å²) in [6.45, 7) is 3.33. The third-order valence-electron chi connectivity index (χ3n) is 3.21. The second-order valence-corrected chi connectivity index (χ2v) is 4.72. The number of carbonyl (C=O) groups is 1. The van der Waals surface area contributed by atoms with Gasteiger partial charge in [-0.3, -0.25) is 4.79 Å². The standard InChI is InChI=1S/C14H20N2O2/c1-10(9-18-2)16-14(17)12-7-8-15-13-6-4-3-5-11(12)13/h3-6,10,12,15H,7-9H2,1-2H3,(H,16,17). The number of carbonyl (C=O) groups excluding carboxylic acids is 1. The number of benzene rings is 1. The molecule has 2 rings (SSSR count). The van der Waals surface area contributed by atoms with Gasteiger partial charge in [0.2, 0.25) is 5.91 Å². The Kier molecular flexibility index (Phi) is 4.20. The molecule has 18 heavy (non-hydrogen) atoms. The minimum atomic E-state index is -0.0539. The molecule has 1 aromatic carbocycles. The first-order chi connectivity index (χ1) is 8.72. The molecule has 0 spiro atoms. The predicted molar refractivity (Wildman–Crippen MR) is 71.8 cm³/mol. The van der Waals surface area contributed by atoms with Gasteiger partial charge in [0.05, 0.1) is 12.5 Å². The van der Waals surface area contributed by atoms with Gasteiger partial charge in [0, 0.05) is 25.4 Å². The van der Waals surface area contributed by atoms with Gasteiger partial charge in [0.15, 0.2) is 0 Å². The Balaban J connectivity index is 2.08. The molecule has 4 nitrogen and oxygen atoms in total. The van der Waals surface area contributed by atoms with Crippen LogP contribution in [0.5, 0.6) is 0 Å². The molecule has 4 heteroatoms. The quantitative estimate of drug-likeness (QED) is 0.853. The maximum absolute atomic E-state index is 12.3. The molecule has 0 aromatic heterocycles. The Morgan fingerprint density at radius 2 is 2.33 bits per heavy atom. The Bertz CT molecular complexity index is 420. The van der Waals surface area contributed by atoms with Crippen molar-refractivity contribution in [2.75, 3.05) is 25.6 Å². The molecule has 0 bridgehead atoms. The Morgan fingerprint density at radius 1 is 1.56 bits per heavy atom. The SMILES string of the molecule is COCC(C)NC(=O)C1CCNc2ccccc21. The van der Waals surface area contributed by atoms with Crippen LogP contribution in [0.2, 0.25) is 0 Å². The highest BCUT2D eigenvalue weighted by molar-refractivity contribution is 5.86. The van der Waals surface area contributed by atoms with Gasteiger partial charge in [0.25, 0.3) is 0 Å². The molecule has 0 fully saturated rings. The van der Waals surface area contributed by atoms with Crippen molar-refractivity contribution >= 4 is 11.6 Å². The van der Waals surface area contributed by atoms with Crippen LogP contribution in [0.25, 0.3) is 0 Å². The third kappa shape index (κ3) is 2.82. The van der Waals surface area contributed by atoms with Crippen LogP contribution in [0.4, 0.5) is 5.69 Å². The molecule has 1 aromatic rings. The monoisotopic (exact) mass is 248 g/mol. The molecule has 1 aliphatic heterocycles. The number of para-hydroxylation sites is 1. The van der Waals surface area contributed by atoms with E-state index in [1.807, 2.05) is 31.2 Å². The molecule has 0 saturated heterocycles. The Hall–Kier alpha value is -1.55. The van der Waals surface area contributed by atoms with Crippen LogP contribution in [0.3, 0.4) is 0 Å². The molecule has 0 radical (unpaired) electrons. The van der Waals surface area contributed by atoms with Crippen LogP contribution in [-0.4, -0.2) is 32.2 Å². The van der Waals surface area contributed by atoms with Crippen molar-refractivity contribution in [2.24, 2.45) is 0 Å². The lowest BCUT2D eigenvalue weighted by Crippen LogP contribution is -2.40. The van der Waals surface area contributed by atoms with Crippen LogP contribution in [-0.2, 0) is 9.53 Å². The minimum Gasteiger partial charge on any atom is -0.385 e. The summed E-state index contributed by atoms with van der Waals surface area (Å²) in [5.74, 6) is 0.0373. The van der Waals surface area contributed by atoms with E-state index in [0.29, 0.717) is 6.61 Å². The first-order valence-corrected chi connectivity index (χ1v) is 6.34. The number of ether oxygens (including phenoxy) is 1. The fourth-order valence-electron chi connectivity index (χ4n) is 2.38. The summed E-state index contributed by atoms with van der Waals surface area (Å²) >= 11 is 0. The van der Waals surface area contributed by atoms with Gasteiger partial charge in [-0.25, -0.2) is 0 Å². The maximum atomic E-state index is 12.3. The van der Waals surface area contributed by atoms with Crippen molar-refractivity contribution in [3.63, 3.8) is 0 Å². The molecule has 2 unspecified atom stereocenters. The van der Waals surface area contributed by atoms with E-state index in [0.717, 1.165) is 24.2 Å². The molecular weight excluding hydrogens is 228 g/mol. The molecule has 0 aliphatic carbocycles.